The van der Waals surface area contributed by atoms with Crippen LogP contribution < -0.4 is 5.73 Å². The Morgan fingerprint density at radius 3 is 2.50 bits per heavy atom. The molecule has 0 aliphatic carbocycles. The number of hydrogen-bond acceptors (Lipinski definition) is 2. The number of benzene rings is 1. The minimum Gasteiger partial charge on any atom is -0.334 e. The van der Waals surface area contributed by atoms with Gasteiger partial charge >= 0.3 is 0 Å². The second-order valence-electron chi connectivity index (χ2n) is 3.72. The van der Waals surface area contributed by atoms with Crippen molar-refractivity contribution < 1.29 is 4.39 Å². The van der Waals surface area contributed by atoms with Crippen molar-refractivity contribution in [2.75, 3.05) is 0 Å². The van der Waals surface area contributed by atoms with E-state index in [2.05, 4.69) is 4.98 Å². The molecule has 16 heavy (non-hydrogen) atoms. The van der Waals surface area contributed by atoms with E-state index in [9.17, 15) is 4.39 Å². The van der Waals surface area contributed by atoms with Crippen LogP contribution in [0.1, 0.15) is 11.5 Å². The lowest BCUT2D eigenvalue weighted by molar-refractivity contribution is 0.628. The fraction of sp³-hybridized carbons (Fsp3) is 0.250. The van der Waals surface area contributed by atoms with Crippen LogP contribution in [0.15, 0.2) is 24.3 Å². The molecule has 0 unspecified atom stereocenters. The minimum atomic E-state index is -0.245. The number of imidazole rings is 1. The first-order chi connectivity index (χ1) is 7.63. The van der Waals surface area contributed by atoms with Gasteiger partial charge in [0, 0.05) is 19.2 Å². The summed E-state index contributed by atoms with van der Waals surface area (Å²) in [6.45, 7) is 2.34. The number of rotatable bonds is 2. The third-order valence-corrected chi connectivity index (χ3v) is 2.75. The lowest BCUT2D eigenvalue weighted by Gasteiger charge is -2.03. The smallest absolute Gasteiger partial charge is 0.123 e. The second kappa shape index (κ2) is 4.06. The van der Waals surface area contributed by atoms with E-state index >= 15 is 0 Å². The molecule has 0 radical (unpaired) electrons. The highest BCUT2D eigenvalue weighted by Crippen LogP contribution is 2.23. The predicted octanol–water partition coefficient (Wildman–Crippen LogP) is 1.99. The van der Waals surface area contributed by atoms with Crippen LogP contribution in [0.5, 0.6) is 0 Å². The molecule has 4 heteroatoms. The highest BCUT2D eigenvalue weighted by atomic mass is 19.1. The van der Waals surface area contributed by atoms with Crippen molar-refractivity contribution in [2.24, 2.45) is 12.8 Å². The Morgan fingerprint density at radius 1 is 1.31 bits per heavy atom. The predicted molar refractivity (Wildman–Crippen MR) is 61.2 cm³/mol. The van der Waals surface area contributed by atoms with Gasteiger partial charge in [0.1, 0.15) is 11.6 Å². The summed E-state index contributed by atoms with van der Waals surface area (Å²) >= 11 is 0. The third-order valence-electron chi connectivity index (χ3n) is 2.75. The summed E-state index contributed by atoms with van der Waals surface area (Å²) in [4.78, 5) is 4.44. The van der Waals surface area contributed by atoms with Crippen LogP contribution >= 0.6 is 0 Å². The molecule has 0 saturated carbocycles. The molecule has 3 nitrogen and oxygen atoms in total. The van der Waals surface area contributed by atoms with E-state index in [0.717, 1.165) is 22.8 Å². The Labute approximate surface area is 93.7 Å². The quantitative estimate of drug-likeness (QED) is 0.839. The maximum atomic E-state index is 12.8. The number of aryl methyl sites for hydroxylation is 1. The summed E-state index contributed by atoms with van der Waals surface area (Å²) in [5.74, 6) is 0.658. The molecule has 0 amide bonds. The van der Waals surface area contributed by atoms with E-state index in [1.807, 2.05) is 18.5 Å². The largest absolute Gasteiger partial charge is 0.334 e. The zero-order valence-electron chi connectivity index (χ0n) is 9.37. The molecular weight excluding hydrogens is 205 g/mol. The van der Waals surface area contributed by atoms with Crippen LogP contribution in [0, 0.1) is 12.7 Å². The zero-order chi connectivity index (χ0) is 11.7. The molecule has 0 fully saturated rings. The van der Waals surface area contributed by atoms with Crippen LogP contribution in [-0.4, -0.2) is 9.55 Å². The molecule has 2 N–H and O–H groups in total. The van der Waals surface area contributed by atoms with Gasteiger partial charge in [0.05, 0.1) is 11.4 Å². The number of hydrogen-bond donors (Lipinski definition) is 1. The van der Waals surface area contributed by atoms with E-state index in [1.165, 1.54) is 12.1 Å². The van der Waals surface area contributed by atoms with Gasteiger partial charge in [0.2, 0.25) is 0 Å². The molecule has 0 bridgehead atoms. The van der Waals surface area contributed by atoms with Gasteiger partial charge in [-0.2, -0.15) is 0 Å². The van der Waals surface area contributed by atoms with E-state index in [0.29, 0.717) is 6.54 Å². The standard InChI is InChI=1S/C12H14FN3/c1-8-15-12(11(7-14)16(8)2)9-3-5-10(13)6-4-9/h3-6H,7,14H2,1-2H3. The monoisotopic (exact) mass is 219 g/mol. The maximum Gasteiger partial charge on any atom is 0.123 e. The van der Waals surface area contributed by atoms with Gasteiger partial charge < -0.3 is 10.3 Å². The summed E-state index contributed by atoms with van der Waals surface area (Å²) in [7, 11) is 1.93. The molecule has 0 spiro atoms. The molecule has 0 atom stereocenters. The van der Waals surface area contributed by atoms with Gasteiger partial charge in [-0.1, -0.05) is 0 Å². The zero-order valence-corrected chi connectivity index (χ0v) is 9.37. The minimum absolute atomic E-state index is 0.245. The molecule has 1 aromatic heterocycles. The van der Waals surface area contributed by atoms with Crippen molar-refractivity contribution in [1.82, 2.24) is 9.55 Å². The molecule has 0 aliphatic rings. The van der Waals surface area contributed by atoms with Crippen molar-refractivity contribution in [3.63, 3.8) is 0 Å². The first-order valence-corrected chi connectivity index (χ1v) is 5.11. The Balaban J connectivity index is 2.55. The fourth-order valence-corrected chi connectivity index (χ4v) is 1.73. The first-order valence-electron chi connectivity index (χ1n) is 5.11. The summed E-state index contributed by atoms with van der Waals surface area (Å²) < 4.78 is 14.8. The molecule has 2 aromatic rings. The van der Waals surface area contributed by atoms with Crippen molar-refractivity contribution in [3.05, 3.63) is 41.6 Å². The van der Waals surface area contributed by atoms with Crippen molar-refractivity contribution >= 4 is 0 Å². The number of nitrogens with two attached hydrogens (primary N) is 1. The summed E-state index contributed by atoms with van der Waals surface area (Å²) in [5, 5.41) is 0. The fourth-order valence-electron chi connectivity index (χ4n) is 1.73. The second-order valence-corrected chi connectivity index (χ2v) is 3.72. The number of aromatic nitrogens is 2. The van der Waals surface area contributed by atoms with Crippen LogP contribution in [0.4, 0.5) is 4.39 Å². The Hall–Kier alpha value is -1.68. The van der Waals surface area contributed by atoms with Crippen LogP contribution in [0.3, 0.4) is 0 Å². The molecule has 1 aromatic carbocycles. The third kappa shape index (κ3) is 1.72. The van der Waals surface area contributed by atoms with Gasteiger partial charge in [0.25, 0.3) is 0 Å². The molecule has 0 saturated heterocycles. The first kappa shape index (κ1) is 10.8. The van der Waals surface area contributed by atoms with Gasteiger partial charge in [-0.25, -0.2) is 9.37 Å². The van der Waals surface area contributed by atoms with Crippen molar-refractivity contribution in [1.29, 1.82) is 0 Å². The Morgan fingerprint density at radius 2 is 1.94 bits per heavy atom. The number of nitrogens with zero attached hydrogens (tertiary/aromatic N) is 2. The summed E-state index contributed by atoms with van der Waals surface area (Å²) in [6.07, 6.45) is 0. The summed E-state index contributed by atoms with van der Waals surface area (Å²) in [6, 6.07) is 6.30. The molecular formula is C12H14FN3. The molecule has 84 valence electrons. The molecule has 2 rings (SSSR count). The Kier molecular flexibility index (Phi) is 2.75. The summed E-state index contributed by atoms with van der Waals surface area (Å²) in [5.41, 5.74) is 8.39. The van der Waals surface area contributed by atoms with Crippen LogP contribution in [0.2, 0.25) is 0 Å². The van der Waals surface area contributed by atoms with Crippen molar-refractivity contribution in [2.45, 2.75) is 13.5 Å². The number of halogens is 1. The van der Waals surface area contributed by atoms with E-state index in [1.54, 1.807) is 12.1 Å². The lowest BCUT2D eigenvalue weighted by atomic mass is 10.1. The molecule has 1 heterocycles. The maximum absolute atomic E-state index is 12.8. The van der Waals surface area contributed by atoms with Crippen LogP contribution in [-0.2, 0) is 13.6 Å². The van der Waals surface area contributed by atoms with Gasteiger partial charge in [-0.3, -0.25) is 0 Å². The van der Waals surface area contributed by atoms with Gasteiger partial charge in [-0.15, -0.1) is 0 Å². The van der Waals surface area contributed by atoms with E-state index in [-0.39, 0.29) is 5.82 Å². The topological polar surface area (TPSA) is 43.8 Å². The normalized spacial score (nSPS) is 10.8. The lowest BCUT2D eigenvalue weighted by Crippen LogP contribution is -2.05. The van der Waals surface area contributed by atoms with Gasteiger partial charge in [-0.05, 0) is 31.2 Å². The van der Waals surface area contributed by atoms with Crippen LogP contribution in [0.25, 0.3) is 11.3 Å². The molecule has 0 aliphatic heterocycles. The average Bonchev–Trinajstić information content (AvgIpc) is 2.56. The van der Waals surface area contributed by atoms with Crippen molar-refractivity contribution in [3.8, 4) is 11.3 Å². The van der Waals surface area contributed by atoms with E-state index in [4.69, 9.17) is 5.73 Å². The highest BCUT2D eigenvalue weighted by molar-refractivity contribution is 5.62. The average molecular weight is 219 g/mol. The van der Waals surface area contributed by atoms with Gasteiger partial charge in [0.15, 0.2) is 0 Å². The highest BCUT2D eigenvalue weighted by Gasteiger charge is 2.12. The van der Waals surface area contributed by atoms with E-state index < -0.39 is 0 Å². The Bertz CT molecular complexity index is 500. The SMILES string of the molecule is Cc1nc(-c2ccc(F)cc2)c(CN)n1C.